The summed E-state index contributed by atoms with van der Waals surface area (Å²) in [6.45, 7) is 1.90. The summed E-state index contributed by atoms with van der Waals surface area (Å²) in [6, 6.07) is 12.5. The van der Waals surface area contributed by atoms with Crippen molar-refractivity contribution in [1.29, 1.82) is 0 Å². The highest BCUT2D eigenvalue weighted by molar-refractivity contribution is 5.35. The van der Waals surface area contributed by atoms with Gasteiger partial charge < -0.3 is 0 Å². The summed E-state index contributed by atoms with van der Waals surface area (Å²) in [6.07, 6.45) is 9.84. The van der Waals surface area contributed by atoms with Gasteiger partial charge in [0.1, 0.15) is 0 Å². The number of pyridine rings is 2. The molecule has 0 N–H and O–H groups in total. The van der Waals surface area contributed by atoms with Gasteiger partial charge in [0.05, 0.1) is 23.1 Å². The minimum atomic E-state index is 0.378. The molecule has 0 spiro atoms. The molecule has 0 aromatic carbocycles. The molecule has 1 fully saturated rings. The van der Waals surface area contributed by atoms with E-state index in [2.05, 4.69) is 38.2 Å². The molecular weight excluding hydrogens is 286 g/mol. The molecule has 1 saturated heterocycles. The topological polar surface area (TPSA) is 46.8 Å². The Labute approximate surface area is 135 Å². The van der Waals surface area contributed by atoms with Crippen LogP contribution in [0.15, 0.2) is 61.2 Å². The second-order valence-corrected chi connectivity index (χ2v) is 5.80. The lowest BCUT2D eigenvalue weighted by Crippen LogP contribution is -2.24. The molecule has 23 heavy (non-hydrogen) atoms. The molecule has 1 aliphatic heterocycles. The van der Waals surface area contributed by atoms with Crippen LogP contribution in [-0.2, 0) is 6.54 Å². The Bertz CT molecular complexity index is 754. The lowest BCUT2D eigenvalue weighted by molar-refractivity contribution is 0.241. The molecule has 1 aliphatic rings. The standard InChI is InChI=1S/C18H19N5/c1-2-9-19-15(6-1)17-8-4-12-22(17)14-16-18(7-3-10-20-16)23-13-5-11-21-23/h1-3,5-7,9-11,13,17H,4,8,12,14H2. The third-order valence-corrected chi connectivity index (χ3v) is 4.36. The minimum absolute atomic E-state index is 0.378. The zero-order valence-electron chi connectivity index (χ0n) is 12.9. The van der Waals surface area contributed by atoms with Gasteiger partial charge >= 0.3 is 0 Å². The van der Waals surface area contributed by atoms with E-state index in [1.165, 1.54) is 6.42 Å². The summed E-state index contributed by atoms with van der Waals surface area (Å²) >= 11 is 0. The minimum Gasteiger partial charge on any atom is -0.289 e. The highest BCUT2D eigenvalue weighted by atomic mass is 15.3. The molecule has 4 heterocycles. The molecule has 1 unspecified atom stereocenters. The van der Waals surface area contributed by atoms with Crippen LogP contribution in [-0.4, -0.2) is 31.2 Å². The summed E-state index contributed by atoms with van der Waals surface area (Å²) in [4.78, 5) is 11.6. The maximum absolute atomic E-state index is 4.60. The van der Waals surface area contributed by atoms with Crippen LogP contribution in [0.4, 0.5) is 0 Å². The lowest BCUT2D eigenvalue weighted by Gasteiger charge is -2.24. The van der Waals surface area contributed by atoms with E-state index in [1.54, 1.807) is 6.20 Å². The fourth-order valence-corrected chi connectivity index (χ4v) is 3.29. The average Bonchev–Trinajstić information content (AvgIpc) is 3.28. The fourth-order valence-electron chi connectivity index (χ4n) is 3.29. The zero-order valence-corrected chi connectivity index (χ0v) is 12.9. The van der Waals surface area contributed by atoms with Gasteiger partial charge in [-0.3, -0.25) is 14.9 Å². The number of hydrogen-bond donors (Lipinski definition) is 0. The second-order valence-electron chi connectivity index (χ2n) is 5.80. The smallest absolute Gasteiger partial charge is 0.0874 e. The van der Waals surface area contributed by atoms with Crippen molar-refractivity contribution in [3.05, 3.63) is 72.6 Å². The summed E-state index contributed by atoms with van der Waals surface area (Å²) in [7, 11) is 0. The monoisotopic (exact) mass is 305 g/mol. The molecule has 0 bridgehead atoms. The van der Waals surface area contributed by atoms with Gasteiger partial charge in [0.15, 0.2) is 0 Å². The van der Waals surface area contributed by atoms with E-state index in [4.69, 9.17) is 0 Å². The van der Waals surface area contributed by atoms with E-state index in [0.717, 1.165) is 36.6 Å². The Hall–Kier alpha value is -2.53. The first-order chi connectivity index (χ1) is 11.4. The maximum atomic E-state index is 4.60. The molecule has 1 atom stereocenters. The van der Waals surface area contributed by atoms with Crippen LogP contribution in [0, 0.1) is 0 Å². The Morgan fingerprint density at radius 2 is 1.96 bits per heavy atom. The second kappa shape index (κ2) is 6.30. The van der Waals surface area contributed by atoms with Crippen LogP contribution >= 0.6 is 0 Å². The van der Waals surface area contributed by atoms with Crippen LogP contribution in [0.1, 0.15) is 30.3 Å². The predicted octanol–water partition coefficient (Wildman–Crippen LogP) is 3.00. The van der Waals surface area contributed by atoms with Crippen LogP contribution in [0.2, 0.25) is 0 Å². The maximum Gasteiger partial charge on any atom is 0.0874 e. The van der Waals surface area contributed by atoms with Gasteiger partial charge in [-0.15, -0.1) is 0 Å². The van der Waals surface area contributed by atoms with Crippen LogP contribution in [0.25, 0.3) is 5.69 Å². The third-order valence-electron chi connectivity index (χ3n) is 4.36. The van der Waals surface area contributed by atoms with E-state index in [9.17, 15) is 0 Å². The molecule has 5 nitrogen and oxygen atoms in total. The van der Waals surface area contributed by atoms with Crippen LogP contribution in [0.3, 0.4) is 0 Å². The zero-order chi connectivity index (χ0) is 15.5. The van der Waals surface area contributed by atoms with Crippen LogP contribution < -0.4 is 0 Å². The molecule has 0 radical (unpaired) electrons. The fraction of sp³-hybridized carbons (Fsp3) is 0.278. The molecule has 116 valence electrons. The SMILES string of the molecule is c1ccc(C2CCCN2Cc2ncccc2-n2cccn2)nc1. The quantitative estimate of drug-likeness (QED) is 0.743. The largest absolute Gasteiger partial charge is 0.289 e. The van der Waals surface area contributed by atoms with Gasteiger partial charge in [-0.05, 0) is 49.7 Å². The van der Waals surface area contributed by atoms with Crippen molar-refractivity contribution in [2.75, 3.05) is 6.54 Å². The van der Waals surface area contributed by atoms with Crippen LogP contribution in [0.5, 0.6) is 0 Å². The van der Waals surface area contributed by atoms with Gasteiger partial charge in [0.25, 0.3) is 0 Å². The Balaban J connectivity index is 1.61. The summed E-state index contributed by atoms with van der Waals surface area (Å²) < 4.78 is 1.88. The molecule has 0 saturated carbocycles. The summed E-state index contributed by atoms with van der Waals surface area (Å²) in [5.74, 6) is 0. The normalized spacial score (nSPS) is 18.3. The van der Waals surface area contributed by atoms with Gasteiger partial charge in [-0.2, -0.15) is 5.10 Å². The number of likely N-dealkylation sites (tertiary alicyclic amines) is 1. The number of hydrogen-bond acceptors (Lipinski definition) is 4. The number of nitrogens with zero attached hydrogens (tertiary/aromatic N) is 5. The van der Waals surface area contributed by atoms with E-state index < -0.39 is 0 Å². The Morgan fingerprint density at radius 3 is 2.78 bits per heavy atom. The van der Waals surface area contributed by atoms with Crippen molar-refractivity contribution in [1.82, 2.24) is 24.6 Å². The van der Waals surface area contributed by atoms with E-state index in [0.29, 0.717) is 6.04 Å². The molecule has 0 amide bonds. The lowest BCUT2D eigenvalue weighted by atomic mass is 10.1. The Morgan fingerprint density at radius 1 is 1.00 bits per heavy atom. The van der Waals surface area contributed by atoms with Crippen molar-refractivity contribution in [3.63, 3.8) is 0 Å². The van der Waals surface area contributed by atoms with Crippen molar-refractivity contribution in [2.45, 2.75) is 25.4 Å². The predicted molar refractivity (Wildman–Crippen MR) is 88.0 cm³/mol. The van der Waals surface area contributed by atoms with Crippen molar-refractivity contribution < 1.29 is 0 Å². The summed E-state index contributed by atoms with van der Waals surface area (Å²) in [5, 5.41) is 4.34. The molecule has 3 aromatic rings. The van der Waals surface area contributed by atoms with Gasteiger partial charge in [-0.1, -0.05) is 6.07 Å². The number of rotatable bonds is 4. The highest BCUT2D eigenvalue weighted by Gasteiger charge is 2.27. The first kappa shape index (κ1) is 14.1. The highest BCUT2D eigenvalue weighted by Crippen LogP contribution is 2.32. The first-order valence-corrected chi connectivity index (χ1v) is 8.01. The molecule has 3 aromatic heterocycles. The van der Waals surface area contributed by atoms with Gasteiger partial charge in [0.2, 0.25) is 0 Å². The third kappa shape index (κ3) is 2.87. The van der Waals surface area contributed by atoms with Crippen molar-refractivity contribution in [3.8, 4) is 5.69 Å². The van der Waals surface area contributed by atoms with Gasteiger partial charge in [-0.25, -0.2) is 4.68 Å². The van der Waals surface area contributed by atoms with Crippen molar-refractivity contribution in [2.24, 2.45) is 0 Å². The molecular formula is C18H19N5. The number of aromatic nitrogens is 4. The average molecular weight is 305 g/mol. The van der Waals surface area contributed by atoms with E-state index >= 15 is 0 Å². The molecule has 0 aliphatic carbocycles. The van der Waals surface area contributed by atoms with Gasteiger partial charge in [0, 0.05) is 31.3 Å². The van der Waals surface area contributed by atoms with E-state index in [1.807, 2.05) is 41.5 Å². The van der Waals surface area contributed by atoms with E-state index in [-0.39, 0.29) is 0 Å². The Kier molecular flexibility index (Phi) is 3.86. The molecule has 4 rings (SSSR count). The first-order valence-electron chi connectivity index (χ1n) is 8.01. The van der Waals surface area contributed by atoms with Crippen molar-refractivity contribution >= 4 is 0 Å². The molecule has 5 heteroatoms. The summed E-state index contributed by atoms with van der Waals surface area (Å²) in [5.41, 5.74) is 3.25.